The number of halogens is 11. The van der Waals surface area contributed by atoms with E-state index in [-0.39, 0.29) is 0 Å². The van der Waals surface area contributed by atoms with Gasteiger partial charge in [-0.25, -0.2) is 0 Å². The lowest BCUT2D eigenvalue weighted by Crippen LogP contribution is -2.59. The Hall–Kier alpha value is 0.0600. The number of rotatable bonds is 10. The van der Waals surface area contributed by atoms with Gasteiger partial charge in [0.25, 0.3) is 0 Å². The third-order valence-corrected chi connectivity index (χ3v) is 5.09. The smallest absolute Gasteiger partial charge is 0.305 e. The van der Waals surface area contributed by atoms with Crippen LogP contribution < -0.4 is 0 Å². The van der Waals surface area contributed by atoms with E-state index in [1.807, 2.05) is 0 Å². The van der Waals surface area contributed by atoms with E-state index in [0.29, 0.717) is 0 Å². The van der Waals surface area contributed by atoms with Gasteiger partial charge in [-0.05, 0) is 37.0 Å². The number of hydrogen-bond donors (Lipinski definition) is 0. The van der Waals surface area contributed by atoms with Gasteiger partial charge in [0.2, 0.25) is 0 Å². The van der Waals surface area contributed by atoms with Gasteiger partial charge >= 0.3 is 36.0 Å². The van der Waals surface area contributed by atoms with Crippen molar-refractivity contribution in [3.63, 3.8) is 0 Å². The highest BCUT2D eigenvalue weighted by atomic mass is 35.5. The van der Waals surface area contributed by atoms with Crippen LogP contribution in [0.3, 0.4) is 0 Å². The summed E-state index contributed by atoms with van der Waals surface area (Å²) >= 11 is 8.08. The van der Waals surface area contributed by atoms with Crippen LogP contribution in [0, 0.1) is 0 Å². The lowest BCUT2D eigenvalue weighted by molar-refractivity contribution is -0.426. The van der Waals surface area contributed by atoms with Gasteiger partial charge in [-0.1, -0.05) is 0 Å². The molecule has 25 heavy (non-hydrogen) atoms. The molecule has 0 amide bonds. The molecule has 0 N–H and O–H groups in total. The Kier molecular flexibility index (Phi) is 7.61. The van der Waals surface area contributed by atoms with Crippen LogP contribution in [0.4, 0.5) is 39.5 Å². The highest BCUT2D eigenvalue weighted by molar-refractivity contribution is 7.55. The first-order chi connectivity index (χ1) is 10.8. The lowest BCUT2D eigenvalue weighted by Gasteiger charge is -2.37. The maximum Gasteiger partial charge on any atom is 0.430 e. The molecule has 0 saturated carbocycles. The predicted molar refractivity (Wildman–Crippen MR) is 67.3 cm³/mol. The molecule has 0 saturated heterocycles. The summed E-state index contributed by atoms with van der Waals surface area (Å²) in [6.07, 6.45) is -6.71. The van der Waals surface area contributed by atoms with Gasteiger partial charge in [0, 0.05) is 0 Å². The van der Waals surface area contributed by atoms with E-state index in [9.17, 15) is 44.1 Å². The third-order valence-electron chi connectivity index (χ3n) is 2.27. The summed E-state index contributed by atoms with van der Waals surface area (Å²) in [5, 5.41) is -11.0. The zero-order valence-electron chi connectivity index (χ0n) is 12.2. The van der Waals surface area contributed by atoms with E-state index >= 15 is 0 Å². The van der Waals surface area contributed by atoms with Gasteiger partial charge in [0.05, 0.1) is 13.2 Å². The Morgan fingerprint density at radius 2 is 1.20 bits per heavy atom. The van der Waals surface area contributed by atoms with Crippen LogP contribution in [0.1, 0.15) is 13.8 Å². The molecule has 1 atom stereocenters. The van der Waals surface area contributed by atoms with E-state index in [0.717, 1.165) is 13.8 Å². The van der Waals surface area contributed by atoms with E-state index in [2.05, 4.69) is 37.0 Å². The Bertz CT molecular complexity index is 502. The van der Waals surface area contributed by atoms with E-state index in [4.69, 9.17) is 0 Å². The SMILES string of the molecule is CCOP(=O)(OCC)C(F)(F)C(F)(F)C(F)(F)OC(F)(Cl)C(F)(F)Cl. The van der Waals surface area contributed by atoms with Crippen molar-refractivity contribution in [2.24, 2.45) is 0 Å². The molecular weight excluding hydrogens is 445 g/mol. The minimum atomic E-state index is -6.87. The average molecular weight is 455 g/mol. The molecule has 0 radical (unpaired) electrons. The second kappa shape index (κ2) is 7.59. The summed E-state index contributed by atoms with van der Waals surface area (Å²) in [5.74, 6) is -6.87. The molecule has 0 aliphatic carbocycles. The lowest BCUT2D eigenvalue weighted by atomic mass is 10.3. The first kappa shape index (κ1) is 25.1. The second-order valence-electron chi connectivity index (χ2n) is 4.08. The van der Waals surface area contributed by atoms with E-state index in [1.165, 1.54) is 0 Å². The van der Waals surface area contributed by atoms with Gasteiger partial charge in [0.15, 0.2) is 0 Å². The number of alkyl halides is 11. The minimum Gasteiger partial charge on any atom is -0.305 e. The molecule has 4 nitrogen and oxygen atoms in total. The van der Waals surface area contributed by atoms with Crippen molar-refractivity contribution in [3.8, 4) is 0 Å². The first-order valence-corrected chi connectivity index (χ1v) is 8.30. The summed E-state index contributed by atoms with van der Waals surface area (Å²) in [7, 11) is -6.28. The van der Waals surface area contributed by atoms with Gasteiger partial charge < -0.3 is 9.05 Å². The van der Waals surface area contributed by atoms with Crippen LogP contribution in [-0.4, -0.2) is 41.6 Å². The average Bonchev–Trinajstić information content (AvgIpc) is 2.35. The van der Waals surface area contributed by atoms with Crippen LogP contribution >= 0.6 is 30.8 Å². The predicted octanol–water partition coefficient (Wildman–Crippen LogP) is 5.78. The van der Waals surface area contributed by atoms with Gasteiger partial charge in [-0.2, -0.15) is 39.5 Å². The molecule has 0 aromatic rings. The second-order valence-corrected chi connectivity index (χ2v) is 7.12. The molecule has 0 bridgehead atoms. The fourth-order valence-electron chi connectivity index (χ4n) is 1.17. The van der Waals surface area contributed by atoms with Crippen molar-refractivity contribution in [1.29, 1.82) is 0 Å². The summed E-state index contributed by atoms with van der Waals surface area (Å²) in [5.41, 5.74) is -6.33. The molecule has 0 spiro atoms. The summed E-state index contributed by atoms with van der Waals surface area (Å²) < 4.78 is 141. The van der Waals surface area contributed by atoms with E-state index < -0.39 is 49.2 Å². The normalized spacial score (nSPS) is 17.5. The highest BCUT2D eigenvalue weighted by Crippen LogP contribution is 2.70. The molecule has 0 heterocycles. The molecule has 0 fully saturated rings. The fourth-order valence-corrected chi connectivity index (χ4v) is 2.86. The molecule has 0 rings (SSSR count). The van der Waals surface area contributed by atoms with Crippen molar-refractivity contribution in [2.45, 2.75) is 42.2 Å². The monoisotopic (exact) mass is 454 g/mol. The Morgan fingerprint density at radius 1 is 0.840 bits per heavy atom. The van der Waals surface area contributed by atoms with E-state index in [1.54, 1.807) is 0 Å². The minimum absolute atomic E-state index is 0.883. The molecule has 0 aliphatic rings. The van der Waals surface area contributed by atoms with Crippen molar-refractivity contribution in [3.05, 3.63) is 0 Å². The number of ether oxygens (including phenoxy) is 1. The zero-order valence-corrected chi connectivity index (χ0v) is 14.6. The standard InChI is InChI=1S/C9H10Cl2F9O4P/c1-3-22-25(21,23-4-2)9(19,20)5(12,13)8(17,18)24-7(11,16)6(10,14)15/h3-4H2,1-2H3. The van der Waals surface area contributed by atoms with Crippen LogP contribution in [-0.2, 0) is 18.3 Å². The Labute approximate surface area is 145 Å². The van der Waals surface area contributed by atoms with Gasteiger partial charge in [-0.3, -0.25) is 9.30 Å². The zero-order chi connectivity index (χ0) is 20.5. The van der Waals surface area contributed by atoms with Gasteiger partial charge in [0.1, 0.15) is 0 Å². The molecule has 16 heteroatoms. The van der Waals surface area contributed by atoms with Crippen molar-refractivity contribution >= 4 is 30.8 Å². The maximum absolute atomic E-state index is 13.8. The molecule has 0 aromatic carbocycles. The van der Waals surface area contributed by atoms with Crippen LogP contribution in [0.2, 0.25) is 0 Å². The largest absolute Gasteiger partial charge is 0.430 e. The van der Waals surface area contributed by atoms with Crippen molar-refractivity contribution in [2.75, 3.05) is 13.2 Å². The topological polar surface area (TPSA) is 44.8 Å². The Morgan fingerprint density at radius 3 is 1.48 bits per heavy atom. The highest BCUT2D eigenvalue weighted by Gasteiger charge is 2.83. The quantitative estimate of drug-likeness (QED) is 0.238. The van der Waals surface area contributed by atoms with Crippen molar-refractivity contribution < 1.29 is 57.9 Å². The molecule has 0 aromatic heterocycles. The number of hydrogen-bond acceptors (Lipinski definition) is 4. The summed E-state index contributed by atoms with van der Waals surface area (Å²) in [6, 6.07) is 0. The molecular formula is C9H10Cl2F9O4P. The van der Waals surface area contributed by atoms with Crippen LogP contribution in [0.15, 0.2) is 0 Å². The maximum atomic E-state index is 13.8. The van der Waals surface area contributed by atoms with Crippen molar-refractivity contribution in [1.82, 2.24) is 0 Å². The molecule has 1 unspecified atom stereocenters. The Balaban J connectivity index is 6.03. The first-order valence-electron chi connectivity index (χ1n) is 6.00. The third kappa shape index (κ3) is 4.67. The molecule has 152 valence electrons. The van der Waals surface area contributed by atoms with Crippen LogP contribution in [0.25, 0.3) is 0 Å². The molecule has 0 aliphatic heterocycles. The summed E-state index contributed by atoms with van der Waals surface area (Å²) in [4.78, 5) is 0. The van der Waals surface area contributed by atoms with Gasteiger partial charge in [-0.15, -0.1) is 0 Å². The fraction of sp³-hybridized carbons (Fsp3) is 1.00. The van der Waals surface area contributed by atoms with Crippen LogP contribution in [0.5, 0.6) is 0 Å². The summed E-state index contributed by atoms with van der Waals surface area (Å²) in [6.45, 7) is -0.128.